The monoisotopic (exact) mass is 457 g/mol. The van der Waals surface area contributed by atoms with Gasteiger partial charge in [-0.3, -0.25) is 9.59 Å². The van der Waals surface area contributed by atoms with Crippen molar-refractivity contribution in [3.8, 4) is 0 Å². The van der Waals surface area contributed by atoms with E-state index in [1.165, 1.54) is 0 Å². The zero-order chi connectivity index (χ0) is 20.6. The van der Waals surface area contributed by atoms with Crippen LogP contribution in [0, 0.1) is 0 Å². The molecule has 1 aliphatic rings. The molecule has 1 heterocycles. The molecule has 6 heteroatoms. The van der Waals surface area contributed by atoms with E-state index < -0.39 is 0 Å². The third kappa shape index (κ3) is 6.07. The van der Waals surface area contributed by atoms with Gasteiger partial charge in [-0.1, -0.05) is 35.7 Å². The zero-order valence-electron chi connectivity index (χ0n) is 16.9. The summed E-state index contributed by atoms with van der Waals surface area (Å²) in [6.45, 7) is 5.37. The van der Waals surface area contributed by atoms with Crippen molar-refractivity contribution >= 4 is 39.1 Å². The SMILES string of the molecule is CCCCCC(=O)N1CCN(c2ccc(NC(=O)c3ccc(Br)cc3)cc2)CC1. The molecule has 0 atom stereocenters. The van der Waals surface area contributed by atoms with Crippen molar-refractivity contribution < 1.29 is 9.59 Å². The number of piperazine rings is 1. The van der Waals surface area contributed by atoms with Crippen LogP contribution in [0.2, 0.25) is 0 Å². The third-order valence-electron chi connectivity index (χ3n) is 5.22. The number of carbonyl (C=O) groups excluding carboxylic acids is 2. The van der Waals surface area contributed by atoms with Crippen molar-refractivity contribution in [3.63, 3.8) is 0 Å². The molecular weight excluding hydrogens is 430 g/mol. The highest BCUT2D eigenvalue weighted by atomic mass is 79.9. The van der Waals surface area contributed by atoms with Gasteiger partial charge in [0.15, 0.2) is 0 Å². The summed E-state index contributed by atoms with van der Waals surface area (Å²) in [5.74, 6) is 0.157. The van der Waals surface area contributed by atoms with Gasteiger partial charge in [-0.15, -0.1) is 0 Å². The predicted octanol–water partition coefficient (Wildman–Crippen LogP) is 4.93. The predicted molar refractivity (Wildman–Crippen MR) is 121 cm³/mol. The van der Waals surface area contributed by atoms with Crippen molar-refractivity contribution in [3.05, 3.63) is 58.6 Å². The topological polar surface area (TPSA) is 52.7 Å². The van der Waals surface area contributed by atoms with E-state index in [1.807, 2.05) is 41.3 Å². The van der Waals surface area contributed by atoms with Gasteiger partial charge in [0, 0.05) is 54.0 Å². The number of nitrogens with zero attached hydrogens (tertiary/aromatic N) is 2. The number of halogens is 1. The van der Waals surface area contributed by atoms with Crippen LogP contribution in [-0.4, -0.2) is 42.9 Å². The highest BCUT2D eigenvalue weighted by Crippen LogP contribution is 2.21. The molecular formula is C23H28BrN3O2. The Hall–Kier alpha value is -2.34. The van der Waals surface area contributed by atoms with Gasteiger partial charge in [0.2, 0.25) is 5.91 Å². The van der Waals surface area contributed by atoms with Crippen LogP contribution in [0.4, 0.5) is 11.4 Å². The summed E-state index contributed by atoms with van der Waals surface area (Å²) >= 11 is 3.37. The molecule has 0 radical (unpaired) electrons. The molecule has 1 N–H and O–H groups in total. The van der Waals surface area contributed by atoms with Gasteiger partial charge in [0.25, 0.3) is 5.91 Å². The maximum atomic E-state index is 12.3. The summed E-state index contributed by atoms with van der Waals surface area (Å²) in [4.78, 5) is 28.9. The first-order valence-corrected chi connectivity index (χ1v) is 11.1. The first kappa shape index (κ1) is 21.4. The first-order chi connectivity index (χ1) is 14.1. The van der Waals surface area contributed by atoms with Crippen LogP contribution in [-0.2, 0) is 4.79 Å². The second-order valence-electron chi connectivity index (χ2n) is 7.33. The number of hydrogen-bond acceptors (Lipinski definition) is 3. The fourth-order valence-electron chi connectivity index (χ4n) is 3.46. The maximum absolute atomic E-state index is 12.3. The molecule has 0 aliphatic carbocycles. The molecule has 0 unspecified atom stereocenters. The quantitative estimate of drug-likeness (QED) is 0.599. The molecule has 0 spiro atoms. The third-order valence-corrected chi connectivity index (χ3v) is 5.75. The van der Waals surface area contributed by atoms with E-state index >= 15 is 0 Å². The largest absolute Gasteiger partial charge is 0.368 e. The lowest BCUT2D eigenvalue weighted by molar-refractivity contribution is -0.131. The standard InChI is InChI=1S/C23H28BrN3O2/c1-2-3-4-5-22(28)27-16-14-26(15-17-27)21-12-10-20(11-13-21)25-23(29)18-6-8-19(24)9-7-18/h6-13H,2-5,14-17H2,1H3,(H,25,29). The summed E-state index contributed by atoms with van der Waals surface area (Å²) in [7, 11) is 0. The van der Waals surface area contributed by atoms with Gasteiger partial charge < -0.3 is 15.1 Å². The normalized spacial score (nSPS) is 14.0. The Balaban J connectivity index is 1.50. The second kappa shape index (κ2) is 10.4. The van der Waals surface area contributed by atoms with Gasteiger partial charge >= 0.3 is 0 Å². The minimum absolute atomic E-state index is 0.125. The molecule has 2 aromatic carbocycles. The molecule has 154 valence electrons. The van der Waals surface area contributed by atoms with Gasteiger partial charge in [-0.2, -0.15) is 0 Å². The number of nitrogens with one attached hydrogen (secondary N) is 1. The molecule has 1 fully saturated rings. The molecule has 0 saturated carbocycles. The van der Waals surface area contributed by atoms with Crippen LogP contribution in [0.5, 0.6) is 0 Å². The van der Waals surface area contributed by atoms with E-state index in [2.05, 4.69) is 33.1 Å². The smallest absolute Gasteiger partial charge is 0.255 e. The maximum Gasteiger partial charge on any atom is 0.255 e. The highest BCUT2D eigenvalue weighted by Gasteiger charge is 2.20. The number of hydrogen-bond donors (Lipinski definition) is 1. The summed E-state index contributed by atoms with van der Waals surface area (Å²) in [6, 6.07) is 15.2. The summed E-state index contributed by atoms with van der Waals surface area (Å²) in [5.41, 5.74) is 2.51. The highest BCUT2D eigenvalue weighted by molar-refractivity contribution is 9.10. The Labute approximate surface area is 181 Å². The van der Waals surface area contributed by atoms with Crippen LogP contribution in [0.25, 0.3) is 0 Å². The lowest BCUT2D eigenvalue weighted by Crippen LogP contribution is -2.48. The van der Waals surface area contributed by atoms with Gasteiger partial charge in [0.05, 0.1) is 0 Å². The molecule has 5 nitrogen and oxygen atoms in total. The number of amides is 2. The van der Waals surface area contributed by atoms with Crippen LogP contribution in [0.3, 0.4) is 0 Å². The van der Waals surface area contributed by atoms with Gasteiger partial charge in [-0.05, 0) is 55.0 Å². The Kier molecular flexibility index (Phi) is 7.69. The molecule has 0 aromatic heterocycles. The second-order valence-corrected chi connectivity index (χ2v) is 8.25. The molecule has 3 rings (SSSR count). The Morgan fingerprint density at radius 3 is 2.21 bits per heavy atom. The fraction of sp³-hybridized carbons (Fsp3) is 0.391. The van der Waals surface area contributed by atoms with Gasteiger partial charge in [-0.25, -0.2) is 0 Å². The van der Waals surface area contributed by atoms with E-state index in [1.54, 1.807) is 12.1 Å². The average Bonchev–Trinajstić information content (AvgIpc) is 2.75. The van der Waals surface area contributed by atoms with Crippen LogP contribution in [0.15, 0.2) is 53.0 Å². The Morgan fingerprint density at radius 2 is 1.59 bits per heavy atom. The summed E-state index contributed by atoms with van der Waals surface area (Å²) in [5, 5.41) is 2.93. The van der Waals surface area contributed by atoms with E-state index in [9.17, 15) is 9.59 Å². The molecule has 2 amide bonds. The van der Waals surface area contributed by atoms with Crippen molar-refractivity contribution in [1.29, 1.82) is 0 Å². The lowest BCUT2D eigenvalue weighted by Gasteiger charge is -2.36. The summed E-state index contributed by atoms with van der Waals surface area (Å²) < 4.78 is 0.946. The number of anilines is 2. The first-order valence-electron chi connectivity index (χ1n) is 10.3. The van der Waals surface area contributed by atoms with Crippen molar-refractivity contribution in [1.82, 2.24) is 4.90 Å². The molecule has 1 saturated heterocycles. The van der Waals surface area contributed by atoms with Crippen molar-refractivity contribution in [2.24, 2.45) is 0 Å². The Bertz CT molecular complexity index is 813. The van der Waals surface area contributed by atoms with Crippen molar-refractivity contribution in [2.45, 2.75) is 32.6 Å². The minimum Gasteiger partial charge on any atom is -0.368 e. The average molecular weight is 458 g/mol. The number of carbonyl (C=O) groups is 2. The lowest BCUT2D eigenvalue weighted by atomic mass is 10.1. The van der Waals surface area contributed by atoms with Gasteiger partial charge in [0.1, 0.15) is 0 Å². The Morgan fingerprint density at radius 1 is 0.931 bits per heavy atom. The zero-order valence-corrected chi connectivity index (χ0v) is 18.5. The molecule has 1 aliphatic heterocycles. The molecule has 29 heavy (non-hydrogen) atoms. The van der Waals surface area contributed by atoms with E-state index in [0.29, 0.717) is 12.0 Å². The van der Waals surface area contributed by atoms with E-state index in [-0.39, 0.29) is 11.8 Å². The van der Waals surface area contributed by atoms with Crippen molar-refractivity contribution in [2.75, 3.05) is 36.4 Å². The van der Waals surface area contributed by atoms with Crippen LogP contribution >= 0.6 is 15.9 Å². The number of unbranched alkanes of at least 4 members (excludes halogenated alkanes) is 2. The fourth-order valence-corrected chi connectivity index (χ4v) is 3.72. The molecule has 2 aromatic rings. The number of benzene rings is 2. The summed E-state index contributed by atoms with van der Waals surface area (Å²) in [6.07, 6.45) is 3.92. The van der Waals surface area contributed by atoms with E-state index in [4.69, 9.17) is 0 Å². The van der Waals surface area contributed by atoms with Crippen LogP contribution < -0.4 is 10.2 Å². The molecule has 0 bridgehead atoms. The van der Waals surface area contributed by atoms with Crippen LogP contribution in [0.1, 0.15) is 43.0 Å². The van der Waals surface area contributed by atoms with E-state index in [0.717, 1.165) is 61.3 Å². The minimum atomic E-state index is -0.125. The number of rotatable bonds is 7.